The number of thioether (sulfide) groups is 4. The maximum Gasteiger partial charge on any atom is 0.0660 e. The number of hydrogen-bond donors (Lipinski definition) is 0. The van der Waals surface area contributed by atoms with Crippen LogP contribution in [0.4, 0.5) is 0 Å². The summed E-state index contributed by atoms with van der Waals surface area (Å²) in [5.74, 6) is 2.47. The number of fused-ring (bicyclic) bond motifs is 3. The Bertz CT molecular complexity index is 993. The van der Waals surface area contributed by atoms with Crippen molar-refractivity contribution in [2.24, 2.45) is 0 Å². The molecule has 2 aromatic carbocycles. The van der Waals surface area contributed by atoms with Gasteiger partial charge in [-0.15, -0.1) is 23.5 Å². The Morgan fingerprint density at radius 3 is 1.53 bits per heavy atom. The molecule has 1 aliphatic heterocycles. The van der Waals surface area contributed by atoms with Crippen LogP contribution in [-0.4, -0.2) is 11.5 Å². The molecule has 0 amide bonds. The van der Waals surface area contributed by atoms with Gasteiger partial charge in [-0.05, 0) is 70.9 Å². The number of unbranched alkanes of at least 4 members (excludes halogenated alkanes) is 6. The van der Waals surface area contributed by atoms with Gasteiger partial charge in [0.05, 0.1) is 12.7 Å². The molecule has 34 heavy (non-hydrogen) atoms. The molecule has 0 N–H and O–H groups in total. The summed E-state index contributed by atoms with van der Waals surface area (Å²) in [4.78, 5) is 0. The quantitative estimate of drug-likeness (QED) is 0.178. The lowest BCUT2D eigenvalue weighted by molar-refractivity contribution is 0.707. The molecule has 2 aliphatic rings. The van der Waals surface area contributed by atoms with Crippen LogP contribution in [0, 0.1) is 0 Å². The van der Waals surface area contributed by atoms with Gasteiger partial charge in [0.2, 0.25) is 0 Å². The number of rotatable bonds is 12. The first kappa shape index (κ1) is 27.3. The average molecular weight is 657 g/mol. The van der Waals surface area contributed by atoms with E-state index >= 15 is 0 Å². The highest BCUT2D eigenvalue weighted by atomic mass is 79.9. The summed E-state index contributed by atoms with van der Waals surface area (Å²) in [5.41, 5.74) is 6.83. The zero-order chi connectivity index (χ0) is 23.9. The largest absolute Gasteiger partial charge is 0.117 e. The van der Waals surface area contributed by atoms with Gasteiger partial charge in [-0.1, -0.05) is 120 Å². The Morgan fingerprint density at radius 1 is 0.618 bits per heavy atom. The Labute approximate surface area is 239 Å². The standard InChI is InChI=1S/C28H32Br2S4/c1-3-5-7-9-15-31-27-28(32-16-10-8-6-4-2)34-26(33-27)25-21-13-11-19(29)17-23(21)24-18-20(30)12-14-22(24)25/h11-14,17-18H,3-10,15-16H2,1-2H3. The van der Waals surface area contributed by atoms with Gasteiger partial charge in [0, 0.05) is 14.5 Å². The average Bonchev–Trinajstić information content (AvgIpc) is 3.36. The van der Waals surface area contributed by atoms with E-state index < -0.39 is 0 Å². The summed E-state index contributed by atoms with van der Waals surface area (Å²) >= 11 is 15.6. The molecular weight excluding hydrogens is 624 g/mol. The van der Waals surface area contributed by atoms with Gasteiger partial charge in [-0.2, -0.15) is 0 Å². The van der Waals surface area contributed by atoms with E-state index in [4.69, 9.17) is 0 Å². The fourth-order valence-electron chi connectivity index (χ4n) is 4.22. The molecule has 1 aliphatic carbocycles. The Kier molecular flexibility index (Phi) is 11.0. The summed E-state index contributed by atoms with van der Waals surface area (Å²) in [6, 6.07) is 13.5. The van der Waals surface area contributed by atoms with Crippen molar-refractivity contribution in [3.8, 4) is 11.1 Å². The Balaban J connectivity index is 1.60. The molecule has 6 heteroatoms. The molecule has 4 rings (SSSR count). The van der Waals surface area contributed by atoms with E-state index in [1.165, 1.54) is 103 Å². The van der Waals surface area contributed by atoms with E-state index in [-0.39, 0.29) is 0 Å². The number of halogens is 2. The smallest absolute Gasteiger partial charge is 0.0660 e. The lowest BCUT2D eigenvalue weighted by Crippen LogP contribution is -1.84. The molecule has 0 nitrogen and oxygen atoms in total. The van der Waals surface area contributed by atoms with Gasteiger partial charge in [-0.3, -0.25) is 0 Å². The molecule has 0 spiro atoms. The molecule has 0 atom stereocenters. The van der Waals surface area contributed by atoms with Crippen molar-refractivity contribution in [1.29, 1.82) is 0 Å². The van der Waals surface area contributed by atoms with Crippen LogP contribution in [0.25, 0.3) is 16.7 Å². The second-order valence-electron chi connectivity index (χ2n) is 8.64. The van der Waals surface area contributed by atoms with E-state index in [0.29, 0.717) is 0 Å². The fraction of sp³-hybridized carbons (Fsp3) is 0.429. The van der Waals surface area contributed by atoms with E-state index in [9.17, 15) is 0 Å². The zero-order valence-corrected chi connectivity index (χ0v) is 26.4. The monoisotopic (exact) mass is 654 g/mol. The summed E-state index contributed by atoms with van der Waals surface area (Å²) < 4.78 is 6.80. The molecule has 0 fully saturated rings. The Hall–Kier alpha value is 0.280. The predicted octanol–water partition coefficient (Wildman–Crippen LogP) is 12.1. The lowest BCUT2D eigenvalue weighted by Gasteiger charge is -2.08. The number of hydrogen-bond acceptors (Lipinski definition) is 4. The molecule has 0 saturated carbocycles. The van der Waals surface area contributed by atoms with Crippen LogP contribution >= 0.6 is 78.9 Å². The molecular formula is C28H32Br2S4. The Morgan fingerprint density at radius 2 is 1.09 bits per heavy atom. The van der Waals surface area contributed by atoms with Crippen LogP contribution in [0.3, 0.4) is 0 Å². The van der Waals surface area contributed by atoms with Crippen molar-refractivity contribution in [3.05, 3.63) is 69.2 Å². The van der Waals surface area contributed by atoms with Gasteiger partial charge in [0.15, 0.2) is 0 Å². The minimum atomic E-state index is 1.14. The first-order chi connectivity index (χ1) is 16.6. The van der Waals surface area contributed by atoms with E-state index in [0.717, 1.165) is 8.95 Å². The molecule has 2 aromatic rings. The van der Waals surface area contributed by atoms with Crippen molar-refractivity contribution in [2.75, 3.05) is 11.5 Å². The van der Waals surface area contributed by atoms with E-state index in [1.54, 1.807) is 0 Å². The van der Waals surface area contributed by atoms with Crippen LogP contribution in [0.2, 0.25) is 0 Å². The third-order valence-electron chi connectivity index (χ3n) is 6.00. The molecule has 0 bridgehead atoms. The molecule has 0 aromatic heterocycles. The molecule has 0 saturated heterocycles. The predicted molar refractivity (Wildman–Crippen MR) is 169 cm³/mol. The minimum Gasteiger partial charge on any atom is -0.117 e. The van der Waals surface area contributed by atoms with Gasteiger partial charge < -0.3 is 0 Å². The van der Waals surface area contributed by atoms with Gasteiger partial charge in [0.25, 0.3) is 0 Å². The maximum atomic E-state index is 3.70. The maximum absolute atomic E-state index is 3.70. The highest BCUT2D eigenvalue weighted by Crippen LogP contribution is 2.62. The van der Waals surface area contributed by atoms with Crippen LogP contribution in [0.5, 0.6) is 0 Å². The third kappa shape index (κ3) is 6.77. The van der Waals surface area contributed by atoms with Crippen LogP contribution in [0.1, 0.15) is 76.3 Å². The van der Waals surface area contributed by atoms with Gasteiger partial charge >= 0.3 is 0 Å². The first-order valence-electron chi connectivity index (χ1n) is 12.3. The molecule has 182 valence electrons. The van der Waals surface area contributed by atoms with Crippen molar-refractivity contribution >= 4 is 84.5 Å². The summed E-state index contributed by atoms with van der Waals surface area (Å²) in [6.07, 6.45) is 10.7. The normalized spacial score (nSPS) is 14.8. The van der Waals surface area contributed by atoms with E-state index in [2.05, 4.69) is 106 Å². The third-order valence-corrected chi connectivity index (χ3v) is 12.7. The second kappa shape index (κ2) is 13.7. The van der Waals surface area contributed by atoms with Crippen molar-refractivity contribution in [3.63, 3.8) is 0 Å². The summed E-state index contributed by atoms with van der Waals surface area (Å²) in [5, 5.41) is 0. The number of benzene rings is 2. The molecule has 0 unspecified atom stereocenters. The zero-order valence-electron chi connectivity index (χ0n) is 19.9. The van der Waals surface area contributed by atoms with Crippen molar-refractivity contribution in [1.82, 2.24) is 0 Å². The van der Waals surface area contributed by atoms with Crippen LogP contribution in [0.15, 0.2) is 58.1 Å². The van der Waals surface area contributed by atoms with Crippen molar-refractivity contribution in [2.45, 2.75) is 65.2 Å². The van der Waals surface area contributed by atoms with Crippen molar-refractivity contribution < 1.29 is 0 Å². The molecule has 1 heterocycles. The highest BCUT2D eigenvalue weighted by Gasteiger charge is 2.31. The van der Waals surface area contributed by atoms with E-state index in [1.807, 2.05) is 23.5 Å². The second-order valence-corrected chi connectivity index (χ2v) is 15.5. The topological polar surface area (TPSA) is 0 Å². The van der Waals surface area contributed by atoms with Gasteiger partial charge in [-0.25, -0.2) is 0 Å². The lowest BCUT2D eigenvalue weighted by atomic mass is 10.1. The summed E-state index contributed by atoms with van der Waals surface area (Å²) in [6.45, 7) is 4.58. The van der Waals surface area contributed by atoms with Crippen LogP contribution in [-0.2, 0) is 0 Å². The van der Waals surface area contributed by atoms with Crippen LogP contribution < -0.4 is 0 Å². The minimum absolute atomic E-state index is 1.14. The van der Waals surface area contributed by atoms with Gasteiger partial charge in [0.1, 0.15) is 0 Å². The summed E-state index contributed by atoms with van der Waals surface area (Å²) in [7, 11) is 0. The highest BCUT2D eigenvalue weighted by molar-refractivity contribution is 9.10. The first-order valence-corrected chi connectivity index (χ1v) is 17.5. The SMILES string of the molecule is CCCCCCSC1=C(SCCCCCC)SC(=C2c3ccc(Br)cc3-c3cc(Br)ccc32)S1. The fourth-order valence-corrected chi connectivity index (χ4v) is 11.1. The molecule has 0 radical (unpaired) electrons.